The third-order valence-corrected chi connectivity index (χ3v) is 23.9. The van der Waals surface area contributed by atoms with Crippen molar-refractivity contribution < 1.29 is 27.9 Å². The summed E-state index contributed by atoms with van der Waals surface area (Å²) in [6.45, 7) is 37.8. The standard InChI is InChI=1S/C32H66O6Si3/c1-23(24(2)36-39(12,13)30(3,4)5)19-18-20-25-27(37-40(14,15)31(6,7)8)28(26(21-22-33)35-29(25)34)38-41(16,17)32(9,10)11/h18-19,23-28,33H,20-22H2,1-17H3/b19-18+/t23-,24+,25-,26+,27-,28+/m1/s1. The number of aliphatic hydroxyl groups is 1. The highest BCUT2D eigenvalue weighted by molar-refractivity contribution is 6.75. The van der Waals surface area contributed by atoms with E-state index in [2.05, 4.69) is 128 Å². The average molecular weight is 631 g/mol. The summed E-state index contributed by atoms with van der Waals surface area (Å²) in [5.74, 6) is -0.538. The van der Waals surface area contributed by atoms with E-state index in [1.807, 2.05) is 0 Å². The molecule has 0 aliphatic carbocycles. The number of hydrogen-bond donors (Lipinski definition) is 1. The zero-order valence-electron chi connectivity index (χ0n) is 29.7. The summed E-state index contributed by atoms with van der Waals surface area (Å²) in [6.07, 6.45) is 3.82. The number of rotatable bonds is 12. The summed E-state index contributed by atoms with van der Waals surface area (Å²) in [5.41, 5.74) is 0. The molecule has 0 aromatic carbocycles. The van der Waals surface area contributed by atoms with E-state index in [-0.39, 0.29) is 39.7 Å². The molecule has 0 bridgehead atoms. The zero-order chi connectivity index (χ0) is 32.4. The summed E-state index contributed by atoms with van der Waals surface area (Å²) in [4.78, 5) is 13.6. The Bertz CT molecular complexity index is 879. The fraction of sp³-hybridized carbons (Fsp3) is 0.906. The molecule has 1 saturated heterocycles. The third-order valence-electron chi connectivity index (χ3n) is 10.4. The molecule has 1 aliphatic heterocycles. The number of esters is 1. The van der Waals surface area contributed by atoms with E-state index < -0.39 is 49.2 Å². The van der Waals surface area contributed by atoms with Crippen LogP contribution in [0.4, 0.5) is 0 Å². The van der Waals surface area contributed by atoms with Crippen molar-refractivity contribution >= 4 is 30.9 Å². The van der Waals surface area contributed by atoms with E-state index in [1.165, 1.54) is 0 Å². The molecule has 6 atom stereocenters. The maximum Gasteiger partial charge on any atom is 0.312 e. The number of cyclic esters (lactones) is 1. The van der Waals surface area contributed by atoms with E-state index >= 15 is 0 Å². The maximum absolute atomic E-state index is 13.6. The van der Waals surface area contributed by atoms with Crippen LogP contribution >= 0.6 is 0 Å². The summed E-state index contributed by atoms with van der Waals surface area (Å²) in [5, 5.41) is 9.98. The second kappa shape index (κ2) is 13.8. The van der Waals surface area contributed by atoms with Gasteiger partial charge >= 0.3 is 5.97 Å². The number of carbonyl (C=O) groups excluding carboxylic acids is 1. The van der Waals surface area contributed by atoms with Crippen LogP contribution < -0.4 is 0 Å². The van der Waals surface area contributed by atoms with Crippen molar-refractivity contribution in [1.29, 1.82) is 0 Å². The molecular formula is C32H66O6Si3. The van der Waals surface area contributed by atoms with Crippen LogP contribution in [0.1, 0.15) is 89.0 Å². The molecule has 0 aromatic heterocycles. The van der Waals surface area contributed by atoms with Crippen LogP contribution in [0.5, 0.6) is 0 Å². The van der Waals surface area contributed by atoms with Gasteiger partial charge in [-0.05, 0) is 73.7 Å². The summed E-state index contributed by atoms with van der Waals surface area (Å²) in [6, 6.07) is 0. The molecule has 41 heavy (non-hydrogen) atoms. The van der Waals surface area contributed by atoms with Crippen LogP contribution in [-0.2, 0) is 22.8 Å². The van der Waals surface area contributed by atoms with Crippen LogP contribution in [0.3, 0.4) is 0 Å². The lowest BCUT2D eigenvalue weighted by atomic mass is 9.87. The first kappa shape index (κ1) is 38.7. The second-order valence-electron chi connectivity index (χ2n) is 16.9. The van der Waals surface area contributed by atoms with Crippen LogP contribution in [0.15, 0.2) is 12.2 Å². The SMILES string of the molecule is C[C@H](/C=C/C[C@H]1C(=O)O[C@@H](CCO)[C@H](O[Si](C)(C)C(C)(C)C)[C@@H]1O[Si](C)(C)C(C)(C)C)[C@H](C)O[Si](C)(C)C(C)(C)C. The minimum Gasteiger partial charge on any atom is -0.459 e. The number of hydrogen-bond acceptors (Lipinski definition) is 6. The highest BCUT2D eigenvalue weighted by atomic mass is 28.4. The van der Waals surface area contributed by atoms with Gasteiger partial charge in [0.25, 0.3) is 0 Å². The molecule has 0 aromatic rings. The van der Waals surface area contributed by atoms with Crippen LogP contribution in [-0.4, -0.2) is 67.1 Å². The van der Waals surface area contributed by atoms with Gasteiger partial charge in [-0.2, -0.15) is 0 Å². The summed E-state index contributed by atoms with van der Waals surface area (Å²) in [7, 11) is -6.41. The van der Waals surface area contributed by atoms with E-state index in [9.17, 15) is 9.90 Å². The molecule has 1 fully saturated rings. The second-order valence-corrected chi connectivity index (χ2v) is 31.2. The Morgan fingerprint density at radius 2 is 1.24 bits per heavy atom. The average Bonchev–Trinajstić information content (AvgIpc) is 2.75. The molecule has 9 heteroatoms. The van der Waals surface area contributed by atoms with Gasteiger partial charge in [-0.15, -0.1) is 0 Å². The normalized spacial score (nSPS) is 25.4. The molecule has 1 heterocycles. The predicted octanol–water partition coefficient (Wildman–Crippen LogP) is 8.68. The van der Waals surface area contributed by atoms with Crippen molar-refractivity contribution in [3.8, 4) is 0 Å². The fourth-order valence-corrected chi connectivity index (χ4v) is 8.28. The highest BCUT2D eigenvalue weighted by Crippen LogP contribution is 2.44. The van der Waals surface area contributed by atoms with Gasteiger partial charge in [-0.1, -0.05) is 81.4 Å². The van der Waals surface area contributed by atoms with E-state index in [4.69, 9.17) is 18.0 Å². The Hall–Kier alpha value is -0.299. The Balaban J connectivity index is 3.41. The number of aliphatic hydroxyl groups excluding tert-OH is 1. The Morgan fingerprint density at radius 1 is 0.805 bits per heavy atom. The van der Waals surface area contributed by atoms with E-state index in [0.717, 1.165) is 0 Å². The monoisotopic (exact) mass is 630 g/mol. The number of allylic oxidation sites excluding steroid dienone is 1. The van der Waals surface area contributed by atoms with Crippen molar-refractivity contribution in [1.82, 2.24) is 0 Å². The summed E-state index contributed by atoms with van der Waals surface area (Å²) < 4.78 is 26.8. The number of carbonyl (C=O) groups is 1. The topological polar surface area (TPSA) is 74.2 Å². The van der Waals surface area contributed by atoms with Crippen molar-refractivity contribution in [2.45, 2.75) is 168 Å². The minimum atomic E-state index is -2.28. The highest BCUT2D eigenvalue weighted by Gasteiger charge is 2.53. The molecule has 6 nitrogen and oxygen atoms in total. The molecule has 0 radical (unpaired) electrons. The van der Waals surface area contributed by atoms with E-state index in [0.29, 0.717) is 12.8 Å². The lowest BCUT2D eigenvalue weighted by Gasteiger charge is -2.50. The van der Waals surface area contributed by atoms with Gasteiger partial charge in [0.2, 0.25) is 0 Å². The van der Waals surface area contributed by atoms with Crippen molar-refractivity contribution in [3.63, 3.8) is 0 Å². The van der Waals surface area contributed by atoms with Crippen molar-refractivity contribution in [2.75, 3.05) is 6.61 Å². The molecule has 242 valence electrons. The first-order valence-electron chi connectivity index (χ1n) is 15.7. The van der Waals surface area contributed by atoms with Crippen molar-refractivity contribution in [3.05, 3.63) is 12.2 Å². The van der Waals surface area contributed by atoms with Crippen molar-refractivity contribution in [2.24, 2.45) is 11.8 Å². The first-order chi connectivity index (χ1) is 18.2. The van der Waals surface area contributed by atoms with Crippen LogP contribution in [0.25, 0.3) is 0 Å². The van der Waals surface area contributed by atoms with E-state index in [1.54, 1.807) is 0 Å². The quantitative estimate of drug-likeness (QED) is 0.132. The smallest absolute Gasteiger partial charge is 0.312 e. The maximum atomic E-state index is 13.6. The van der Waals surface area contributed by atoms with Gasteiger partial charge in [0.15, 0.2) is 25.0 Å². The molecule has 1 rings (SSSR count). The molecule has 0 unspecified atom stereocenters. The van der Waals surface area contributed by atoms with Crippen LogP contribution in [0, 0.1) is 11.8 Å². The molecule has 1 aliphatic rings. The summed E-state index contributed by atoms with van der Waals surface area (Å²) >= 11 is 0. The largest absolute Gasteiger partial charge is 0.459 e. The fourth-order valence-electron chi connectivity index (χ4n) is 4.13. The van der Waals surface area contributed by atoms with Gasteiger partial charge in [0.1, 0.15) is 12.2 Å². The zero-order valence-corrected chi connectivity index (χ0v) is 32.7. The van der Waals surface area contributed by atoms with Gasteiger partial charge < -0.3 is 23.1 Å². The Kier molecular flexibility index (Phi) is 13.0. The first-order valence-corrected chi connectivity index (χ1v) is 24.4. The Morgan fingerprint density at radius 3 is 1.66 bits per heavy atom. The lowest BCUT2D eigenvalue weighted by molar-refractivity contribution is -0.188. The molecular weight excluding hydrogens is 565 g/mol. The Labute approximate surface area is 256 Å². The van der Waals surface area contributed by atoms with Gasteiger partial charge in [-0.25, -0.2) is 0 Å². The third kappa shape index (κ3) is 10.1. The molecule has 0 saturated carbocycles. The number of ether oxygens (including phenoxy) is 1. The van der Waals surface area contributed by atoms with Gasteiger partial charge in [0.05, 0.1) is 12.0 Å². The van der Waals surface area contributed by atoms with Gasteiger partial charge in [-0.3, -0.25) is 4.79 Å². The van der Waals surface area contributed by atoms with Crippen LogP contribution in [0.2, 0.25) is 54.4 Å². The lowest BCUT2D eigenvalue weighted by Crippen LogP contribution is -2.62. The van der Waals surface area contributed by atoms with Gasteiger partial charge in [0, 0.05) is 19.1 Å². The minimum absolute atomic E-state index is 0.0230. The molecule has 1 N–H and O–H groups in total. The molecule has 0 amide bonds. The molecule has 0 spiro atoms. The predicted molar refractivity (Wildman–Crippen MR) is 180 cm³/mol.